The molecule has 1 aliphatic carbocycles. The van der Waals surface area contributed by atoms with Crippen LogP contribution in [0.3, 0.4) is 0 Å². The fraction of sp³-hybridized carbons (Fsp3) is 0.500. The lowest BCUT2D eigenvalue weighted by atomic mass is 10.1. The van der Waals surface area contributed by atoms with Gasteiger partial charge >= 0.3 is 0 Å². The van der Waals surface area contributed by atoms with Gasteiger partial charge in [0.15, 0.2) is 0 Å². The average Bonchev–Trinajstić information content (AvgIpc) is 2.88. The third-order valence-electron chi connectivity index (χ3n) is 2.99. The maximum absolute atomic E-state index is 13.2. The van der Waals surface area contributed by atoms with Gasteiger partial charge in [-0.3, -0.25) is 0 Å². The van der Waals surface area contributed by atoms with Gasteiger partial charge < -0.3 is 5.32 Å². The molecule has 0 bridgehead atoms. The number of halogens is 2. The standard InChI is InChI=1S/C12H15F2N/c1-12(4-5-12)8-15-7-9-2-3-10(13)6-11(9)14/h2-3,6,15H,4-5,7-8H2,1H3. The molecule has 1 aromatic rings. The van der Waals surface area contributed by atoms with E-state index in [-0.39, 0.29) is 0 Å². The molecule has 0 spiro atoms. The van der Waals surface area contributed by atoms with Gasteiger partial charge in [0.2, 0.25) is 0 Å². The molecule has 82 valence electrons. The summed E-state index contributed by atoms with van der Waals surface area (Å²) in [7, 11) is 0. The van der Waals surface area contributed by atoms with Gasteiger partial charge in [-0.2, -0.15) is 0 Å². The van der Waals surface area contributed by atoms with Gasteiger partial charge in [0.05, 0.1) is 0 Å². The van der Waals surface area contributed by atoms with Crippen LogP contribution in [0.25, 0.3) is 0 Å². The molecule has 0 unspecified atom stereocenters. The van der Waals surface area contributed by atoms with E-state index in [1.165, 1.54) is 25.0 Å². The molecular formula is C12H15F2N. The topological polar surface area (TPSA) is 12.0 Å². The molecule has 0 saturated heterocycles. The number of nitrogens with one attached hydrogen (secondary N) is 1. The highest BCUT2D eigenvalue weighted by Crippen LogP contribution is 2.44. The van der Waals surface area contributed by atoms with Crippen molar-refractivity contribution in [1.82, 2.24) is 5.32 Å². The van der Waals surface area contributed by atoms with Crippen molar-refractivity contribution in [3.63, 3.8) is 0 Å². The Kier molecular flexibility index (Phi) is 2.74. The molecule has 1 saturated carbocycles. The summed E-state index contributed by atoms with van der Waals surface area (Å²) in [6.07, 6.45) is 2.48. The first-order valence-corrected chi connectivity index (χ1v) is 5.24. The van der Waals surface area contributed by atoms with Gasteiger partial charge in [-0.05, 0) is 24.3 Å². The SMILES string of the molecule is CC1(CNCc2ccc(F)cc2F)CC1. The summed E-state index contributed by atoms with van der Waals surface area (Å²) in [5.41, 5.74) is 0.942. The van der Waals surface area contributed by atoms with Gasteiger partial charge in [0.25, 0.3) is 0 Å². The van der Waals surface area contributed by atoms with E-state index in [2.05, 4.69) is 12.2 Å². The van der Waals surface area contributed by atoms with Crippen molar-refractivity contribution in [3.8, 4) is 0 Å². The predicted molar refractivity (Wildman–Crippen MR) is 55.4 cm³/mol. The molecule has 15 heavy (non-hydrogen) atoms. The third kappa shape index (κ3) is 2.75. The predicted octanol–water partition coefficient (Wildman–Crippen LogP) is 2.85. The molecular weight excluding hydrogens is 196 g/mol. The minimum absolute atomic E-state index is 0.413. The number of hydrogen-bond donors (Lipinski definition) is 1. The van der Waals surface area contributed by atoms with Crippen LogP contribution in [0, 0.1) is 17.0 Å². The Morgan fingerprint density at radius 3 is 2.67 bits per heavy atom. The molecule has 0 atom stereocenters. The van der Waals surface area contributed by atoms with Crippen LogP contribution in [0.2, 0.25) is 0 Å². The summed E-state index contributed by atoms with van der Waals surface area (Å²) >= 11 is 0. The minimum Gasteiger partial charge on any atom is -0.312 e. The molecule has 1 aromatic carbocycles. The second-order valence-corrected chi connectivity index (χ2v) is 4.65. The lowest BCUT2D eigenvalue weighted by molar-refractivity contribution is 0.489. The summed E-state index contributed by atoms with van der Waals surface area (Å²) in [6, 6.07) is 3.71. The fourth-order valence-electron chi connectivity index (χ4n) is 1.55. The van der Waals surface area contributed by atoms with E-state index in [0.29, 0.717) is 17.5 Å². The van der Waals surface area contributed by atoms with Crippen LogP contribution < -0.4 is 5.32 Å². The molecule has 3 heteroatoms. The highest BCUT2D eigenvalue weighted by Gasteiger charge is 2.36. The molecule has 1 N–H and O–H groups in total. The Labute approximate surface area is 88.5 Å². The summed E-state index contributed by atoms with van der Waals surface area (Å²) < 4.78 is 25.8. The van der Waals surface area contributed by atoms with E-state index in [0.717, 1.165) is 12.6 Å². The van der Waals surface area contributed by atoms with E-state index in [4.69, 9.17) is 0 Å². The van der Waals surface area contributed by atoms with Crippen molar-refractivity contribution in [2.75, 3.05) is 6.54 Å². The first-order chi connectivity index (χ1) is 7.09. The Morgan fingerprint density at radius 1 is 1.33 bits per heavy atom. The first kappa shape index (κ1) is 10.6. The van der Waals surface area contributed by atoms with Crippen molar-refractivity contribution in [3.05, 3.63) is 35.4 Å². The Morgan fingerprint density at radius 2 is 2.07 bits per heavy atom. The largest absolute Gasteiger partial charge is 0.312 e. The van der Waals surface area contributed by atoms with E-state index in [9.17, 15) is 8.78 Å². The van der Waals surface area contributed by atoms with E-state index < -0.39 is 11.6 Å². The van der Waals surface area contributed by atoms with Crippen LogP contribution in [-0.4, -0.2) is 6.54 Å². The van der Waals surface area contributed by atoms with Gasteiger partial charge in [0, 0.05) is 24.7 Å². The zero-order valence-corrected chi connectivity index (χ0v) is 8.82. The summed E-state index contributed by atoms with van der Waals surface area (Å²) in [5.74, 6) is -0.992. The number of hydrogen-bond acceptors (Lipinski definition) is 1. The van der Waals surface area contributed by atoms with Crippen molar-refractivity contribution in [2.45, 2.75) is 26.3 Å². The zero-order chi connectivity index (χ0) is 10.9. The molecule has 0 amide bonds. The highest BCUT2D eigenvalue weighted by molar-refractivity contribution is 5.18. The van der Waals surface area contributed by atoms with Gasteiger partial charge in [-0.1, -0.05) is 13.0 Å². The van der Waals surface area contributed by atoms with E-state index >= 15 is 0 Å². The van der Waals surface area contributed by atoms with Crippen LogP contribution >= 0.6 is 0 Å². The second kappa shape index (κ2) is 3.89. The van der Waals surface area contributed by atoms with Gasteiger partial charge in [-0.25, -0.2) is 8.78 Å². The van der Waals surface area contributed by atoms with Crippen LogP contribution in [0.4, 0.5) is 8.78 Å². The van der Waals surface area contributed by atoms with Crippen molar-refractivity contribution in [1.29, 1.82) is 0 Å². The zero-order valence-electron chi connectivity index (χ0n) is 8.82. The monoisotopic (exact) mass is 211 g/mol. The molecule has 0 radical (unpaired) electrons. The summed E-state index contributed by atoms with van der Waals surface area (Å²) in [4.78, 5) is 0. The first-order valence-electron chi connectivity index (χ1n) is 5.24. The number of benzene rings is 1. The fourth-order valence-corrected chi connectivity index (χ4v) is 1.55. The maximum atomic E-state index is 13.2. The molecule has 0 aliphatic heterocycles. The number of rotatable bonds is 4. The molecule has 2 rings (SSSR count). The lowest BCUT2D eigenvalue weighted by Gasteiger charge is -2.10. The smallest absolute Gasteiger partial charge is 0.130 e. The average molecular weight is 211 g/mol. The Hall–Kier alpha value is -0.960. The molecule has 0 heterocycles. The van der Waals surface area contributed by atoms with E-state index in [1.54, 1.807) is 0 Å². The third-order valence-corrected chi connectivity index (χ3v) is 2.99. The quantitative estimate of drug-likeness (QED) is 0.807. The molecule has 1 nitrogen and oxygen atoms in total. The minimum atomic E-state index is -0.523. The lowest BCUT2D eigenvalue weighted by Crippen LogP contribution is -2.22. The van der Waals surface area contributed by atoms with Crippen LogP contribution in [-0.2, 0) is 6.54 Å². The van der Waals surface area contributed by atoms with Crippen molar-refractivity contribution < 1.29 is 8.78 Å². The second-order valence-electron chi connectivity index (χ2n) is 4.65. The van der Waals surface area contributed by atoms with Crippen LogP contribution in [0.1, 0.15) is 25.3 Å². The maximum Gasteiger partial charge on any atom is 0.130 e. The summed E-state index contributed by atoms with van der Waals surface area (Å²) in [6.45, 7) is 3.59. The van der Waals surface area contributed by atoms with Crippen LogP contribution in [0.15, 0.2) is 18.2 Å². The van der Waals surface area contributed by atoms with Crippen molar-refractivity contribution in [2.24, 2.45) is 5.41 Å². The normalized spacial score (nSPS) is 17.8. The van der Waals surface area contributed by atoms with E-state index in [1.807, 2.05) is 0 Å². The highest BCUT2D eigenvalue weighted by atomic mass is 19.1. The Balaban J connectivity index is 1.87. The van der Waals surface area contributed by atoms with Gasteiger partial charge in [-0.15, -0.1) is 0 Å². The molecule has 0 aromatic heterocycles. The van der Waals surface area contributed by atoms with Crippen LogP contribution in [0.5, 0.6) is 0 Å². The molecule has 1 aliphatic rings. The van der Waals surface area contributed by atoms with Gasteiger partial charge in [0.1, 0.15) is 11.6 Å². The van der Waals surface area contributed by atoms with Crippen molar-refractivity contribution >= 4 is 0 Å². The molecule has 1 fully saturated rings. The Bertz CT molecular complexity index is 359. The summed E-state index contributed by atoms with van der Waals surface area (Å²) in [5, 5.41) is 3.20.